The average Bonchev–Trinajstić information content (AvgIpc) is 3.04. The van der Waals surface area contributed by atoms with Crippen molar-refractivity contribution in [2.75, 3.05) is 6.54 Å². The van der Waals surface area contributed by atoms with Gasteiger partial charge in [-0.3, -0.25) is 9.67 Å². The summed E-state index contributed by atoms with van der Waals surface area (Å²) >= 11 is 0. The summed E-state index contributed by atoms with van der Waals surface area (Å²) in [5, 5.41) is 4.35. The molecule has 0 aliphatic rings. The van der Waals surface area contributed by atoms with E-state index in [2.05, 4.69) is 14.8 Å². The number of hydrogen-bond acceptors (Lipinski definition) is 4. The molecule has 0 atom stereocenters. The monoisotopic (exact) mass is 346 g/mol. The molecule has 1 aromatic carbocycles. The van der Waals surface area contributed by atoms with Gasteiger partial charge in [0.1, 0.15) is 11.5 Å². The molecule has 0 bridgehead atoms. The van der Waals surface area contributed by atoms with Gasteiger partial charge in [0.2, 0.25) is 10.0 Å². The maximum absolute atomic E-state index is 13.1. The highest BCUT2D eigenvalue weighted by atomic mass is 32.2. The summed E-state index contributed by atoms with van der Waals surface area (Å²) in [6.45, 7) is 0.490. The van der Waals surface area contributed by atoms with Crippen LogP contribution in [-0.4, -0.2) is 29.7 Å². The summed E-state index contributed by atoms with van der Waals surface area (Å²) in [6.07, 6.45) is 3.43. The van der Waals surface area contributed by atoms with Gasteiger partial charge in [-0.05, 0) is 36.4 Å². The number of nitrogens with zero attached hydrogens (tertiary/aromatic N) is 3. The average molecular weight is 346 g/mol. The van der Waals surface area contributed by atoms with Crippen molar-refractivity contribution in [1.29, 1.82) is 0 Å². The van der Waals surface area contributed by atoms with E-state index in [4.69, 9.17) is 0 Å². The number of nitrogens with one attached hydrogen (secondary N) is 1. The molecule has 8 heteroatoms. The van der Waals surface area contributed by atoms with Crippen LogP contribution in [0.15, 0.2) is 65.8 Å². The van der Waals surface area contributed by atoms with E-state index in [1.807, 2.05) is 24.3 Å². The van der Waals surface area contributed by atoms with E-state index >= 15 is 0 Å². The highest BCUT2D eigenvalue weighted by Crippen LogP contribution is 2.13. The van der Waals surface area contributed by atoms with Gasteiger partial charge >= 0.3 is 0 Å². The maximum Gasteiger partial charge on any atom is 0.240 e. The predicted molar refractivity (Wildman–Crippen MR) is 87.0 cm³/mol. The van der Waals surface area contributed by atoms with E-state index < -0.39 is 15.8 Å². The molecule has 0 fully saturated rings. The maximum atomic E-state index is 13.1. The van der Waals surface area contributed by atoms with Crippen LogP contribution in [0.25, 0.3) is 11.4 Å². The molecule has 0 saturated carbocycles. The molecule has 24 heavy (non-hydrogen) atoms. The summed E-state index contributed by atoms with van der Waals surface area (Å²) in [6, 6.07) is 12.2. The van der Waals surface area contributed by atoms with Crippen LogP contribution in [0.3, 0.4) is 0 Å². The first-order chi connectivity index (χ1) is 11.5. The molecule has 3 aromatic rings. The molecule has 0 spiro atoms. The van der Waals surface area contributed by atoms with Crippen LogP contribution in [0.1, 0.15) is 0 Å². The summed E-state index contributed by atoms with van der Waals surface area (Å²) in [4.78, 5) is 4.11. The SMILES string of the molecule is O=S(=O)(NCCn1ccc(-c2ccccn2)n1)c1cccc(F)c1. The molecule has 3 rings (SSSR count). The van der Waals surface area contributed by atoms with Crippen molar-refractivity contribution < 1.29 is 12.8 Å². The normalized spacial score (nSPS) is 11.5. The molecule has 2 heterocycles. The van der Waals surface area contributed by atoms with Gasteiger partial charge in [0.25, 0.3) is 0 Å². The van der Waals surface area contributed by atoms with Crippen LogP contribution in [0.4, 0.5) is 4.39 Å². The van der Waals surface area contributed by atoms with Crippen LogP contribution in [0.2, 0.25) is 0 Å². The van der Waals surface area contributed by atoms with Crippen LogP contribution < -0.4 is 4.72 Å². The highest BCUT2D eigenvalue weighted by molar-refractivity contribution is 7.89. The Morgan fingerprint density at radius 2 is 1.96 bits per heavy atom. The minimum absolute atomic E-state index is 0.0999. The summed E-state index contributed by atoms with van der Waals surface area (Å²) in [5.41, 5.74) is 1.46. The Labute approximate surface area is 139 Å². The first kappa shape index (κ1) is 16.3. The zero-order valence-corrected chi connectivity index (χ0v) is 13.4. The molecule has 0 radical (unpaired) electrons. The van der Waals surface area contributed by atoms with Crippen molar-refractivity contribution in [3.63, 3.8) is 0 Å². The molecule has 6 nitrogen and oxygen atoms in total. The van der Waals surface area contributed by atoms with Gasteiger partial charge in [0, 0.05) is 18.9 Å². The smallest absolute Gasteiger partial charge is 0.240 e. The first-order valence-corrected chi connectivity index (χ1v) is 8.73. The quantitative estimate of drug-likeness (QED) is 0.741. The molecule has 124 valence electrons. The first-order valence-electron chi connectivity index (χ1n) is 7.25. The van der Waals surface area contributed by atoms with Crippen molar-refractivity contribution in [3.8, 4) is 11.4 Å². The fourth-order valence-electron chi connectivity index (χ4n) is 2.15. The largest absolute Gasteiger partial charge is 0.271 e. The number of pyridine rings is 1. The number of rotatable bonds is 6. The lowest BCUT2D eigenvalue weighted by Gasteiger charge is -2.07. The molecule has 0 amide bonds. The highest BCUT2D eigenvalue weighted by Gasteiger charge is 2.14. The summed E-state index contributed by atoms with van der Waals surface area (Å²) in [7, 11) is -3.74. The van der Waals surface area contributed by atoms with E-state index in [-0.39, 0.29) is 11.4 Å². The number of halogens is 1. The van der Waals surface area contributed by atoms with Gasteiger partial charge in [0.15, 0.2) is 0 Å². The van der Waals surface area contributed by atoms with Crippen LogP contribution in [0, 0.1) is 5.82 Å². The van der Waals surface area contributed by atoms with E-state index in [1.54, 1.807) is 17.1 Å². The van der Waals surface area contributed by atoms with Gasteiger partial charge in [-0.15, -0.1) is 0 Å². The van der Waals surface area contributed by atoms with E-state index in [1.165, 1.54) is 18.2 Å². The van der Waals surface area contributed by atoms with Crippen molar-refractivity contribution in [3.05, 3.63) is 66.7 Å². The van der Waals surface area contributed by atoms with Crippen LogP contribution in [0.5, 0.6) is 0 Å². The lowest BCUT2D eigenvalue weighted by molar-refractivity contribution is 0.559. The van der Waals surface area contributed by atoms with Gasteiger partial charge in [-0.1, -0.05) is 12.1 Å². The lowest BCUT2D eigenvalue weighted by Crippen LogP contribution is -2.27. The van der Waals surface area contributed by atoms with Gasteiger partial charge in [-0.2, -0.15) is 5.10 Å². The number of aromatic nitrogens is 3. The molecule has 0 aliphatic carbocycles. The third-order valence-electron chi connectivity index (χ3n) is 3.31. The standard InChI is InChI=1S/C16H15FN4O2S/c17-13-4-3-5-14(12-13)24(22,23)19-9-11-21-10-7-16(20-21)15-6-1-2-8-18-15/h1-8,10,12,19H,9,11H2. The Morgan fingerprint density at radius 3 is 2.71 bits per heavy atom. The molecular weight excluding hydrogens is 331 g/mol. The summed E-state index contributed by atoms with van der Waals surface area (Å²) < 4.78 is 41.4. The van der Waals surface area contributed by atoms with Crippen LogP contribution in [-0.2, 0) is 16.6 Å². The molecule has 0 aliphatic heterocycles. The third kappa shape index (κ3) is 3.84. The second-order valence-corrected chi connectivity index (χ2v) is 6.80. The molecule has 0 unspecified atom stereocenters. The van der Waals surface area contributed by atoms with E-state index in [9.17, 15) is 12.8 Å². The zero-order valence-electron chi connectivity index (χ0n) is 12.6. The van der Waals surface area contributed by atoms with E-state index in [0.29, 0.717) is 12.2 Å². The number of benzene rings is 1. The minimum atomic E-state index is -3.74. The van der Waals surface area contributed by atoms with E-state index in [0.717, 1.165) is 11.8 Å². The molecule has 1 N–H and O–H groups in total. The minimum Gasteiger partial charge on any atom is -0.271 e. The van der Waals surface area contributed by atoms with Gasteiger partial charge < -0.3 is 0 Å². The second kappa shape index (κ2) is 6.90. The van der Waals surface area contributed by atoms with Gasteiger partial charge in [-0.25, -0.2) is 17.5 Å². The van der Waals surface area contributed by atoms with Crippen molar-refractivity contribution in [1.82, 2.24) is 19.5 Å². The molecule has 0 saturated heterocycles. The number of sulfonamides is 1. The zero-order chi connectivity index (χ0) is 17.0. The summed E-state index contributed by atoms with van der Waals surface area (Å²) in [5.74, 6) is -0.593. The third-order valence-corrected chi connectivity index (χ3v) is 4.77. The predicted octanol–water partition coefficient (Wildman–Crippen LogP) is 2.06. The second-order valence-electron chi connectivity index (χ2n) is 5.03. The Morgan fingerprint density at radius 1 is 1.08 bits per heavy atom. The fraction of sp³-hybridized carbons (Fsp3) is 0.125. The van der Waals surface area contributed by atoms with Crippen molar-refractivity contribution in [2.24, 2.45) is 0 Å². The Kier molecular flexibility index (Phi) is 4.68. The molecule has 2 aromatic heterocycles. The van der Waals surface area contributed by atoms with Gasteiger partial charge in [0.05, 0.1) is 17.1 Å². The topological polar surface area (TPSA) is 76.9 Å². The van der Waals surface area contributed by atoms with Crippen LogP contribution >= 0.6 is 0 Å². The molecular formula is C16H15FN4O2S. The Hall–Kier alpha value is -2.58. The Balaban J connectivity index is 1.62. The fourth-order valence-corrected chi connectivity index (χ4v) is 3.20. The van der Waals surface area contributed by atoms with Crippen molar-refractivity contribution in [2.45, 2.75) is 11.4 Å². The lowest BCUT2D eigenvalue weighted by atomic mass is 10.3. The number of hydrogen-bond donors (Lipinski definition) is 1. The Bertz CT molecular complexity index is 926. The van der Waals surface area contributed by atoms with Crippen molar-refractivity contribution >= 4 is 10.0 Å².